The van der Waals surface area contributed by atoms with Gasteiger partial charge in [-0.25, -0.2) is 4.79 Å². The van der Waals surface area contributed by atoms with Gasteiger partial charge in [-0.1, -0.05) is 44.2 Å². The van der Waals surface area contributed by atoms with E-state index in [1.165, 1.54) is 0 Å². The van der Waals surface area contributed by atoms with Crippen LogP contribution in [0, 0.1) is 5.92 Å². The Labute approximate surface area is 120 Å². The Morgan fingerprint density at radius 3 is 2.25 bits per heavy atom. The number of benzene rings is 1. The molecule has 0 fully saturated rings. The third-order valence-electron chi connectivity index (χ3n) is 3.54. The first-order chi connectivity index (χ1) is 9.58. The molecular weight excluding hydrogens is 254 g/mol. The summed E-state index contributed by atoms with van der Waals surface area (Å²) >= 11 is 0. The van der Waals surface area contributed by atoms with Crippen molar-refractivity contribution in [2.45, 2.75) is 45.6 Å². The number of carboxylic acid groups (broad SMARTS) is 1. The molecule has 1 rings (SSSR count). The SMILES string of the molecule is CCC(CC)C(=O)N[C@@H](CCc1ccccc1)C(=O)O. The van der Waals surface area contributed by atoms with E-state index in [1.807, 2.05) is 44.2 Å². The fraction of sp³-hybridized carbons (Fsp3) is 0.500. The molecule has 0 aromatic heterocycles. The molecule has 4 heteroatoms. The molecular formula is C16H23NO3. The van der Waals surface area contributed by atoms with Gasteiger partial charge in [0.1, 0.15) is 6.04 Å². The standard InChI is InChI=1S/C16H23NO3/c1-3-13(4-2)15(18)17-14(16(19)20)11-10-12-8-6-5-7-9-12/h5-9,13-14H,3-4,10-11H2,1-2H3,(H,17,18)(H,19,20)/t14-/m0/s1. The topological polar surface area (TPSA) is 66.4 Å². The van der Waals surface area contributed by atoms with Crippen molar-refractivity contribution < 1.29 is 14.7 Å². The normalized spacial score (nSPS) is 12.2. The van der Waals surface area contributed by atoms with Crippen LogP contribution in [0.25, 0.3) is 0 Å². The molecule has 0 aliphatic carbocycles. The highest BCUT2D eigenvalue weighted by atomic mass is 16.4. The number of carboxylic acids is 1. The van der Waals surface area contributed by atoms with Crippen LogP contribution in [-0.2, 0) is 16.0 Å². The van der Waals surface area contributed by atoms with E-state index < -0.39 is 12.0 Å². The molecule has 4 nitrogen and oxygen atoms in total. The van der Waals surface area contributed by atoms with Crippen molar-refractivity contribution in [2.24, 2.45) is 5.92 Å². The lowest BCUT2D eigenvalue weighted by molar-refractivity contribution is -0.142. The summed E-state index contributed by atoms with van der Waals surface area (Å²) in [6.45, 7) is 3.88. The first-order valence-electron chi connectivity index (χ1n) is 7.15. The second-order valence-electron chi connectivity index (χ2n) is 4.94. The molecule has 0 spiro atoms. The van der Waals surface area contributed by atoms with Gasteiger partial charge in [0.15, 0.2) is 0 Å². The molecule has 20 heavy (non-hydrogen) atoms. The van der Waals surface area contributed by atoms with E-state index >= 15 is 0 Å². The smallest absolute Gasteiger partial charge is 0.326 e. The van der Waals surface area contributed by atoms with Crippen molar-refractivity contribution in [2.75, 3.05) is 0 Å². The van der Waals surface area contributed by atoms with Crippen molar-refractivity contribution in [3.63, 3.8) is 0 Å². The maximum atomic E-state index is 12.0. The van der Waals surface area contributed by atoms with Crippen LogP contribution in [0.1, 0.15) is 38.7 Å². The fourth-order valence-electron chi connectivity index (χ4n) is 2.16. The predicted octanol–water partition coefficient (Wildman–Crippen LogP) is 2.62. The zero-order valence-electron chi connectivity index (χ0n) is 12.1. The van der Waals surface area contributed by atoms with Crippen LogP contribution in [0.3, 0.4) is 0 Å². The Balaban J connectivity index is 2.57. The quantitative estimate of drug-likeness (QED) is 0.767. The fourth-order valence-corrected chi connectivity index (χ4v) is 2.16. The van der Waals surface area contributed by atoms with Crippen LogP contribution < -0.4 is 5.32 Å². The highest BCUT2D eigenvalue weighted by molar-refractivity contribution is 5.84. The third kappa shape index (κ3) is 5.03. The number of carbonyl (C=O) groups is 2. The summed E-state index contributed by atoms with van der Waals surface area (Å²) in [6.07, 6.45) is 2.51. The van der Waals surface area contributed by atoms with E-state index in [-0.39, 0.29) is 11.8 Å². The minimum Gasteiger partial charge on any atom is -0.480 e. The molecule has 0 aliphatic heterocycles. The van der Waals surface area contributed by atoms with E-state index in [9.17, 15) is 14.7 Å². The molecule has 0 radical (unpaired) electrons. The number of hydrogen-bond acceptors (Lipinski definition) is 2. The first-order valence-corrected chi connectivity index (χ1v) is 7.15. The van der Waals surface area contributed by atoms with E-state index in [4.69, 9.17) is 0 Å². The van der Waals surface area contributed by atoms with Crippen LogP contribution in [0.4, 0.5) is 0 Å². The van der Waals surface area contributed by atoms with Gasteiger partial charge in [0.05, 0.1) is 0 Å². The zero-order chi connectivity index (χ0) is 15.0. The molecule has 0 saturated heterocycles. The van der Waals surface area contributed by atoms with Gasteiger partial charge < -0.3 is 10.4 Å². The molecule has 1 atom stereocenters. The Morgan fingerprint density at radius 1 is 1.15 bits per heavy atom. The van der Waals surface area contributed by atoms with Gasteiger partial charge in [-0.05, 0) is 31.2 Å². The summed E-state index contributed by atoms with van der Waals surface area (Å²) in [6, 6.07) is 8.88. The van der Waals surface area contributed by atoms with Crippen LogP contribution in [0.2, 0.25) is 0 Å². The van der Waals surface area contributed by atoms with Crippen LogP contribution in [0.15, 0.2) is 30.3 Å². The van der Waals surface area contributed by atoms with Gasteiger partial charge in [0, 0.05) is 5.92 Å². The van der Waals surface area contributed by atoms with Gasteiger partial charge in [-0.3, -0.25) is 4.79 Å². The minimum atomic E-state index is -0.972. The second-order valence-corrected chi connectivity index (χ2v) is 4.94. The number of amides is 1. The third-order valence-corrected chi connectivity index (χ3v) is 3.54. The maximum absolute atomic E-state index is 12.0. The van der Waals surface area contributed by atoms with Gasteiger partial charge in [-0.2, -0.15) is 0 Å². The molecule has 2 N–H and O–H groups in total. The van der Waals surface area contributed by atoms with Crippen molar-refractivity contribution in [3.05, 3.63) is 35.9 Å². The summed E-state index contributed by atoms with van der Waals surface area (Å²) in [5.41, 5.74) is 1.08. The number of aryl methyl sites for hydroxylation is 1. The maximum Gasteiger partial charge on any atom is 0.326 e. The van der Waals surface area contributed by atoms with Gasteiger partial charge >= 0.3 is 5.97 Å². The largest absolute Gasteiger partial charge is 0.480 e. The lowest BCUT2D eigenvalue weighted by Gasteiger charge is -2.18. The average molecular weight is 277 g/mol. The van der Waals surface area contributed by atoms with Crippen LogP contribution in [0.5, 0.6) is 0 Å². The highest BCUT2D eigenvalue weighted by Crippen LogP contribution is 2.10. The van der Waals surface area contributed by atoms with Crippen LogP contribution >= 0.6 is 0 Å². The Bertz CT molecular complexity index is 427. The average Bonchev–Trinajstić information content (AvgIpc) is 2.45. The summed E-state index contributed by atoms with van der Waals surface area (Å²) in [5, 5.41) is 11.9. The Kier molecular flexibility index (Phi) is 6.77. The number of carbonyl (C=O) groups excluding carboxylic acids is 1. The molecule has 0 unspecified atom stereocenters. The zero-order valence-corrected chi connectivity index (χ0v) is 12.1. The molecule has 0 heterocycles. The number of aliphatic carboxylic acids is 1. The van der Waals surface area contributed by atoms with Gasteiger partial charge in [0.2, 0.25) is 5.91 Å². The summed E-state index contributed by atoms with van der Waals surface area (Å²) in [7, 11) is 0. The lowest BCUT2D eigenvalue weighted by Crippen LogP contribution is -2.43. The summed E-state index contributed by atoms with van der Waals surface area (Å²) < 4.78 is 0. The van der Waals surface area contributed by atoms with Crippen LogP contribution in [-0.4, -0.2) is 23.0 Å². The predicted molar refractivity (Wildman–Crippen MR) is 78.4 cm³/mol. The summed E-state index contributed by atoms with van der Waals surface area (Å²) in [5.74, 6) is -1.23. The van der Waals surface area contributed by atoms with Crippen molar-refractivity contribution in [1.29, 1.82) is 0 Å². The monoisotopic (exact) mass is 277 g/mol. The van der Waals surface area contributed by atoms with E-state index in [0.717, 1.165) is 18.4 Å². The van der Waals surface area contributed by atoms with E-state index in [2.05, 4.69) is 5.32 Å². The minimum absolute atomic E-state index is 0.103. The molecule has 1 amide bonds. The van der Waals surface area contributed by atoms with Crippen molar-refractivity contribution in [3.8, 4) is 0 Å². The van der Waals surface area contributed by atoms with Crippen molar-refractivity contribution in [1.82, 2.24) is 5.32 Å². The molecule has 0 aliphatic rings. The molecule has 1 aromatic carbocycles. The van der Waals surface area contributed by atoms with Gasteiger partial charge in [-0.15, -0.1) is 0 Å². The summed E-state index contributed by atoms with van der Waals surface area (Å²) in [4.78, 5) is 23.2. The van der Waals surface area contributed by atoms with Gasteiger partial charge in [0.25, 0.3) is 0 Å². The molecule has 0 bridgehead atoms. The number of nitrogens with one attached hydrogen (secondary N) is 1. The Morgan fingerprint density at radius 2 is 1.75 bits per heavy atom. The number of rotatable bonds is 8. The Hall–Kier alpha value is -1.84. The van der Waals surface area contributed by atoms with E-state index in [1.54, 1.807) is 0 Å². The lowest BCUT2D eigenvalue weighted by atomic mass is 10.0. The van der Waals surface area contributed by atoms with Crippen molar-refractivity contribution >= 4 is 11.9 Å². The highest BCUT2D eigenvalue weighted by Gasteiger charge is 2.23. The first kappa shape index (κ1) is 16.2. The molecule has 110 valence electrons. The van der Waals surface area contributed by atoms with E-state index in [0.29, 0.717) is 12.8 Å². The molecule has 0 saturated carbocycles. The second kappa shape index (κ2) is 8.35. The number of hydrogen-bond donors (Lipinski definition) is 2. The molecule has 1 aromatic rings.